The molecule has 0 unspecified atom stereocenters. The van der Waals surface area contributed by atoms with E-state index in [9.17, 15) is 0 Å². The molecule has 9 rings (SSSR count). The second kappa shape index (κ2) is 10.8. The summed E-state index contributed by atoms with van der Waals surface area (Å²) < 4.78 is 0. The molecule has 1 heterocycles. The van der Waals surface area contributed by atoms with Crippen molar-refractivity contribution in [3.8, 4) is 55.6 Å². The van der Waals surface area contributed by atoms with Gasteiger partial charge in [0.05, 0.1) is 0 Å². The van der Waals surface area contributed by atoms with Crippen LogP contribution in [-0.2, 0) is 0 Å². The second-order valence-corrected chi connectivity index (χ2v) is 17.6. The van der Waals surface area contributed by atoms with Crippen LogP contribution in [0.15, 0.2) is 170 Å². The molecule has 0 aromatic heterocycles. The molecule has 8 aromatic carbocycles. The lowest BCUT2D eigenvalue weighted by Gasteiger charge is -2.22. The van der Waals surface area contributed by atoms with Gasteiger partial charge in [0.25, 0.3) is 0 Å². The quantitative estimate of drug-likeness (QED) is 0.137. The van der Waals surface area contributed by atoms with Gasteiger partial charge in [0.15, 0.2) is 0 Å². The molecule has 0 N–H and O–H groups in total. The average molecular weight is 615 g/mol. The fourth-order valence-corrected chi connectivity index (χ4v) is 11.0. The molecule has 0 amide bonds. The number of hydrogen-bond donors (Lipinski definition) is 0. The fraction of sp³-hybridized carbons (Fsp3) is 0.0435. The molecule has 8 aromatic rings. The predicted molar refractivity (Wildman–Crippen MR) is 205 cm³/mol. The summed E-state index contributed by atoms with van der Waals surface area (Å²) >= 11 is 0. The van der Waals surface area contributed by atoms with Crippen LogP contribution in [0.4, 0.5) is 0 Å². The molecule has 0 spiro atoms. The zero-order valence-corrected chi connectivity index (χ0v) is 27.7. The van der Waals surface area contributed by atoms with Gasteiger partial charge in [0, 0.05) is 0 Å². The van der Waals surface area contributed by atoms with Crippen molar-refractivity contribution in [2.24, 2.45) is 0 Å². The largest absolute Gasteiger partial charge is 0.113 e. The lowest BCUT2D eigenvalue weighted by Crippen LogP contribution is -2.49. The first kappa shape index (κ1) is 27.8. The average Bonchev–Trinajstić information content (AvgIpc) is 3.36. The minimum Gasteiger partial charge on any atom is -0.0623 e. The molecular weight excluding hydrogens is 581 g/mol. The molecule has 0 bridgehead atoms. The van der Waals surface area contributed by atoms with Crippen molar-refractivity contribution in [1.82, 2.24) is 0 Å². The van der Waals surface area contributed by atoms with Crippen LogP contribution in [0.2, 0.25) is 13.1 Å². The second-order valence-electron chi connectivity index (χ2n) is 13.3. The summed E-state index contributed by atoms with van der Waals surface area (Å²) in [5.41, 5.74) is 12.9. The van der Waals surface area contributed by atoms with Gasteiger partial charge in [0.2, 0.25) is 0 Å². The van der Waals surface area contributed by atoms with Gasteiger partial charge in [-0.25, -0.2) is 0 Å². The van der Waals surface area contributed by atoms with Crippen molar-refractivity contribution < 1.29 is 0 Å². The van der Waals surface area contributed by atoms with Crippen molar-refractivity contribution in [3.05, 3.63) is 170 Å². The van der Waals surface area contributed by atoms with Gasteiger partial charge in [-0.1, -0.05) is 165 Å². The summed E-state index contributed by atoms with van der Waals surface area (Å²) in [5, 5.41) is 8.30. The van der Waals surface area contributed by atoms with E-state index in [1.165, 1.54) is 87.6 Å². The van der Waals surface area contributed by atoms with Crippen LogP contribution in [0.25, 0.3) is 77.2 Å². The molecular formula is C46H34Si. The summed E-state index contributed by atoms with van der Waals surface area (Å²) in [6.07, 6.45) is 0. The summed E-state index contributed by atoms with van der Waals surface area (Å²) in [7, 11) is -1.90. The fourth-order valence-electron chi connectivity index (χ4n) is 7.96. The van der Waals surface area contributed by atoms with Gasteiger partial charge in [-0.15, -0.1) is 0 Å². The Kier molecular flexibility index (Phi) is 6.38. The predicted octanol–water partition coefficient (Wildman–Crippen LogP) is 11.5. The van der Waals surface area contributed by atoms with Crippen LogP contribution in [-0.4, -0.2) is 8.07 Å². The minimum atomic E-state index is -1.90. The summed E-state index contributed by atoms with van der Waals surface area (Å²) in [6.45, 7) is 5.04. The third-order valence-corrected chi connectivity index (χ3v) is 13.8. The van der Waals surface area contributed by atoms with Gasteiger partial charge in [-0.2, -0.15) is 0 Å². The van der Waals surface area contributed by atoms with Gasteiger partial charge >= 0.3 is 0 Å². The summed E-state index contributed by atoms with van der Waals surface area (Å²) in [5.74, 6) is 0. The highest BCUT2D eigenvalue weighted by atomic mass is 28.3. The Morgan fingerprint density at radius 1 is 0.298 bits per heavy atom. The van der Waals surface area contributed by atoms with Gasteiger partial charge in [-0.3, -0.25) is 0 Å². The van der Waals surface area contributed by atoms with Crippen LogP contribution in [0.1, 0.15) is 0 Å². The molecule has 1 aliphatic heterocycles. The van der Waals surface area contributed by atoms with Crippen LogP contribution in [0.3, 0.4) is 0 Å². The maximum atomic E-state index is 2.58. The molecule has 0 radical (unpaired) electrons. The Labute approximate surface area is 277 Å². The van der Waals surface area contributed by atoms with Crippen molar-refractivity contribution >= 4 is 40.0 Å². The Balaban J connectivity index is 1.41. The Morgan fingerprint density at radius 3 is 1.32 bits per heavy atom. The first-order chi connectivity index (χ1) is 23.1. The molecule has 0 fully saturated rings. The van der Waals surface area contributed by atoms with E-state index in [0.29, 0.717) is 0 Å². The van der Waals surface area contributed by atoms with Crippen LogP contribution < -0.4 is 10.4 Å². The SMILES string of the molecule is C[Si]1(C)c2ccccc2-c2cc3c(-c4cccc(-c5ccccc5)c4)c4ccccc4c(-c4cccc(-c5ccccc5)c4)c3cc21. The van der Waals surface area contributed by atoms with E-state index in [0.717, 1.165) is 0 Å². The highest BCUT2D eigenvalue weighted by molar-refractivity contribution is 7.04. The molecule has 222 valence electrons. The zero-order chi connectivity index (χ0) is 31.5. The van der Waals surface area contributed by atoms with Gasteiger partial charge in [0.1, 0.15) is 8.07 Å². The molecule has 1 aliphatic rings. The molecule has 0 saturated heterocycles. The summed E-state index contributed by atoms with van der Waals surface area (Å²) in [4.78, 5) is 0. The van der Waals surface area contributed by atoms with E-state index in [1.807, 2.05) is 0 Å². The Morgan fingerprint density at radius 2 is 0.745 bits per heavy atom. The highest BCUT2D eigenvalue weighted by Gasteiger charge is 2.38. The van der Waals surface area contributed by atoms with Crippen LogP contribution in [0, 0.1) is 0 Å². The number of rotatable bonds is 4. The number of benzene rings is 8. The van der Waals surface area contributed by atoms with Crippen molar-refractivity contribution in [3.63, 3.8) is 0 Å². The minimum absolute atomic E-state index is 1.24. The highest BCUT2D eigenvalue weighted by Crippen LogP contribution is 2.46. The lowest BCUT2D eigenvalue weighted by atomic mass is 9.84. The van der Waals surface area contributed by atoms with E-state index < -0.39 is 8.07 Å². The van der Waals surface area contributed by atoms with Crippen molar-refractivity contribution in [1.29, 1.82) is 0 Å². The molecule has 47 heavy (non-hydrogen) atoms. The third-order valence-electron chi connectivity index (χ3n) is 10.2. The van der Waals surface area contributed by atoms with E-state index in [2.05, 4.69) is 183 Å². The van der Waals surface area contributed by atoms with Crippen molar-refractivity contribution in [2.45, 2.75) is 13.1 Å². The van der Waals surface area contributed by atoms with Crippen molar-refractivity contribution in [2.75, 3.05) is 0 Å². The first-order valence-electron chi connectivity index (χ1n) is 16.5. The first-order valence-corrected chi connectivity index (χ1v) is 19.5. The van der Waals surface area contributed by atoms with Crippen LogP contribution in [0.5, 0.6) is 0 Å². The molecule has 0 aliphatic carbocycles. The zero-order valence-electron chi connectivity index (χ0n) is 26.7. The maximum absolute atomic E-state index is 2.58. The maximum Gasteiger partial charge on any atom is 0.113 e. The number of hydrogen-bond acceptors (Lipinski definition) is 0. The standard InChI is InChI=1S/C46H34Si/c1-47(2)43-26-12-11-23-37(43)40-29-41-42(30-44(40)47)46(36-22-14-20-34(28-36)32-17-7-4-8-18-32)39-25-10-9-24-38(39)45(41)35-21-13-19-33(27-35)31-15-5-3-6-16-31/h3-30H,1-2H3. The Bertz CT molecular complexity index is 2470. The molecule has 0 atom stereocenters. The van der Waals surface area contributed by atoms with E-state index in [-0.39, 0.29) is 0 Å². The number of fused-ring (bicyclic) bond motifs is 5. The lowest BCUT2D eigenvalue weighted by molar-refractivity contribution is 1.60. The molecule has 1 heteroatoms. The van der Waals surface area contributed by atoms with Gasteiger partial charge in [-0.05, 0) is 106 Å². The van der Waals surface area contributed by atoms with Gasteiger partial charge < -0.3 is 0 Å². The topological polar surface area (TPSA) is 0 Å². The molecule has 0 nitrogen and oxygen atoms in total. The van der Waals surface area contributed by atoms with E-state index in [4.69, 9.17) is 0 Å². The summed E-state index contributed by atoms with van der Waals surface area (Å²) in [6, 6.07) is 63.0. The molecule has 0 saturated carbocycles. The normalized spacial score (nSPS) is 13.1. The Hall–Kier alpha value is -5.50. The smallest absolute Gasteiger partial charge is 0.0623 e. The third kappa shape index (κ3) is 4.42. The van der Waals surface area contributed by atoms with E-state index in [1.54, 1.807) is 0 Å². The van der Waals surface area contributed by atoms with E-state index >= 15 is 0 Å². The van der Waals surface area contributed by atoms with Crippen LogP contribution >= 0.6 is 0 Å². The monoisotopic (exact) mass is 614 g/mol.